The van der Waals surface area contributed by atoms with Gasteiger partial charge < -0.3 is 86.1 Å². The summed E-state index contributed by atoms with van der Waals surface area (Å²) in [7, 11) is 8.11. The first-order valence-corrected chi connectivity index (χ1v) is 50.9. The summed E-state index contributed by atoms with van der Waals surface area (Å²) < 4.78 is 147. The Kier molecular flexibility index (Phi) is 63.7. The van der Waals surface area contributed by atoms with Crippen LogP contribution in [0.5, 0.6) is 0 Å². The van der Waals surface area contributed by atoms with E-state index in [9.17, 15) is 36.8 Å². The monoisotopic (exact) mass is 2040 g/mol. The van der Waals surface area contributed by atoms with Crippen molar-refractivity contribution in [1.29, 1.82) is 0 Å². The Labute approximate surface area is 837 Å². The standard InChI is InChI=1S/2C18H15S.C15H24O3S.C14H20N2O3.C13H14F4O3.C13H27NO5.C12H27NO6.CH3FO3S/c2*1-4-10-16(11-5-1)19(17-12-6-2-7-13-17)18-14-8-3-9-15-18;1-9(2)12-7-13(10(3)4)15(19-18-17-16)14(8-12)11(5)6;1-17-8-9-19-11-10-18-7-6-16-12-15-13-4-2-3-5-14(13)16;14-10(13(15,16)17)20-11(19)12-3-6-1-7(4-12)9(18)8(2-6)5-12;1-15-8-9-18-12-13-19-11-10-17-7-4-14-2-5-16-6-3-14;1-14-10-17-7-4-13(5-8-18-11-15-2)6-9-19-12-16-3;2-1-6-5-4-3/h2*1-15H;7-11,16H,1-6H3;2-5,12H,6-11H2,1H3;6-8,10H,1-5H2;2-13H2,1H3;4-12H2,1-3H3;3H,1H2/q2*+1;;;;;;/p-2. The summed E-state index contributed by atoms with van der Waals surface area (Å²) in [5.41, 5.74) is 4.81. The zero-order chi connectivity index (χ0) is 101. The number of imidazole rings is 1. The van der Waals surface area contributed by atoms with Crippen LogP contribution in [-0.4, -0.2) is 257 Å². The quantitative estimate of drug-likeness (QED) is 0.00500. The van der Waals surface area contributed by atoms with Crippen LogP contribution in [0, 0.1) is 23.2 Å². The number of ketones is 1. The largest absolute Gasteiger partial charge is 0.691 e. The van der Waals surface area contributed by atoms with Gasteiger partial charge in [-0.3, -0.25) is 29.5 Å². The molecule has 3 unspecified atom stereocenters. The molecule has 4 bridgehead atoms. The Morgan fingerprint density at radius 2 is 0.857 bits per heavy atom. The van der Waals surface area contributed by atoms with Crippen LogP contribution in [0.1, 0.15) is 108 Å². The molecule has 2 heterocycles. The van der Waals surface area contributed by atoms with E-state index in [2.05, 4.69) is 285 Å². The number of fused-ring (bicyclic) bond motifs is 1. The van der Waals surface area contributed by atoms with E-state index in [4.69, 9.17) is 71.6 Å². The maximum Gasteiger partial charge on any atom is 0.457 e. The molecule has 5 aliphatic rings. The fourth-order valence-electron chi connectivity index (χ4n) is 15.4. The van der Waals surface area contributed by atoms with E-state index >= 15 is 0 Å². The Hall–Kier alpha value is -7.46. The highest BCUT2D eigenvalue weighted by Crippen LogP contribution is 2.59. The Morgan fingerprint density at radius 1 is 0.486 bits per heavy atom. The van der Waals surface area contributed by atoms with Crippen LogP contribution in [0.3, 0.4) is 0 Å². The highest BCUT2D eigenvalue weighted by Gasteiger charge is 2.60. The predicted octanol–water partition coefficient (Wildman–Crippen LogP) is 18.3. The van der Waals surface area contributed by atoms with Crippen LogP contribution >= 0.6 is 24.1 Å². The fourth-order valence-corrected chi connectivity index (χ4v) is 20.5. The van der Waals surface area contributed by atoms with Gasteiger partial charge in [0.05, 0.1) is 181 Å². The minimum absolute atomic E-state index is 0.0146. The molecule has 1 saturated heterocycles. The van der Waals surface area contributed by atoms with Gasteiger partial charge in [0.2, 0.25) is 0 Å². The number of benzene rings is 8. The zero-order valence-corrected chi connectivity index (χ0v) is 85.7. The molecule has 5 fully saturated rings. The van der Waals surface area contributed by atoms with Crippen molar-refractivity contribution < 1.29 is 132 Å². The number of hydrogen-bond donors (Lipinski definition) is 0. The van der Waals surface area contributed by atoms with Crippen molar-refractivity contribution in [2.45, 2.75) is 145 Å². The second-order valence-corrected chi connectivity index (χ2v) is 38.4. The summed E-state index contributed by atoms with van der Waals surface area (Å²) in [6, 6.07) is 76.0. The van der Waals surface area contributed by atoms with Gasteiger partial charge in [0.15, 0.2) is 35.4 Å². The molecule has 0 amide bonds. The highest BCUT2D eigenvalue weighted by molar-refractivity contribution is 7.97. The lowest BCUT2D eigenvalue weighted by molar-refractivity contribution is -0.777. The molecule has 4 aliphatic carbocycles. The van der Waals surface area contributed by atoms with Crippen molar-refractivity contribution in [3.8, 4) is 0 Å². The molecule has 776 valence electrons. The van der Waals surface area contributed by atoms with Crippen molar-refractivity contribution in [3.05, 3.63) is 241 Å². The number of esters is 1. The van der Waals surface area contributed by atoms with E-state index in [0.29, 0.717) is 162 Å². The molecule has 1 aliphatic heterocycles. The number of hydrogen-bond acceptors (Lipinski definition) is 28. The number of alkyl halides is 5. The molecule has 0 spiro atoms. The summed E-state index contributed by atoms with van der Waals surface area (Å²) in [5.74, 6) is -0.169. The lowest BCUT2D eigenvalue weighted by Crippen LogP contribution is -2.55. The topological polar surface area (TPSA) is 280 Å². The van der Waals surface area contributed by atoms with Crippen molar-refractivity contribution in [3.63, 3.8) is 0 Å². The SMILES string of the molecule is CC(C)c1cc(C(C)C)c(SOO[O-])c(C(C)C)c1.COCCOCCOCCOCCN1CCOCC1.COCCOCCOCCn1cnc2ccccc21.COCOCCN(CCOCOC)CCOCOC.O=C1C2CC3CC1CC(C(=O)OC(F)C(F)(F)F)(C3)C2.[O-]OOSCF.c1ccc([S+](c2ccccc2)c2ccccc2)cc1.c1ccc([S+](c2ccccc2)c2ccccc2)cc1. The number of rotatable bonds is 53. The minimum Gasteiger partial charge on any atom is -0.691 e. The Balaban J connectivity index is 0.000000248. The molecular formula is C104H143F5N4O23S4. The Morgan fingerprint density at radius 3 is 1.21 bits per heavy atom. The minimum atomic E-state index is -5.20. The first-order chi connectivity index (χ1) is 68.1. The van der Waals surface area contributed by atoms with E-state index in [0.717, 1.165) is 93.6 Å². The van der Waals surface area contributed by atoms with Gasteiger partial charge in [0, 0.05) is 98.1 Å². The fraction of sp³-hybridized carbons (Fsp3) is 0.510. The van der Waals surface area contributed by atoms with Gasteiger partial charge in [-0.2, -0.15) is 26.2 Å². The average molecular weight is 2040 g/mol. The summed E-state index contributed by atoms with van der Waals surface area (Å²) in [5, 5.41) is 25.1. The van der Waals surface area contributed by atoms with Gasteiger partial charge in [0.1, 0.15) is 26.2 Å². The lowest BCUT2D eigenvalue weighted by atomic mass is 9.49. The number of nitrogens with zero attached hydrogens (tertiary/aromatic N) is 4. The normalized spacial score (nSPS) is 16.1. The second kappa shape index (κ2) is 73.6. The van der Waals surface area contributed by atoms with Crippen molar-refractivity contribution >= 4 is 68.7 Å². The van der Waals surface area contributed by atoms with Gasteiger partial charge >= 0.3 is 18.5 Å². The number of carbonyl (C=O) groups excluding carboxylic acids is 2. The molecule has 4 saturated carbocycles. The zero-order valence-electron chi connectivity index (χ0n) is 82.4. The van der Waals surface area contributed by atoms with Crippen molar-refractivity contribution in [1.82, 2.24) is 19.4 Å². The first kappa shape index (κ1) is 121. The van der Waals surface area contributed by atoms with E-state index in [1.165, 1.54) is 46.1 Å². The molecule has 3 atom stereocenters. The third kappa shape index (κ3) is 47.2. The summed E-state index contributed by atoms with van der Waals surface area (Å²) >= 11 is 1.32. The smallest absolute Gasteiger partial charge is 0.457 e. The van der Waals surface area contributed by atoms with Crippen LogP contribution in [0.4, 0.5) is 22.0 Å². The molecule has 0 radical (unpaired) electrons. The van der Waals surface area contributed by atoms with E-state index in [1.54, 1.807) is 35.5 Å². The van der Waals surface area contributed by atoms with Gasteiger partial charge in [-0.1, -0.05) is 175 Å². The molecule has 14 rings (SSSR count). The number of para-hydroxylation sites is 2. The number of aromatic nitrogens is 2. The van der Waals surface area contributed by atoms with Gasteiger partial charge in [0.25, 0.3) is 0 Å². The summed E-state index contributed by atoms with van der Waals surface area (Å²) in [6.45, 7) is 31.2. The molecule has 36 heteroatoms. The maximum absolute atomic E-state index is 12.9. The molecule has 9 aromatic rings. The summed E-state index contributed by atoms with van der Waals surface area (Å²) in [4.78, 5) is 42.0. The van der Waals surface area contributed by atoms with Crippen LogP contribution in [0.2, 0.25) is 0 Å². The van der Waals surface area contributed by atoms with Gasteiger partial charge in [-0.25, -0.2) is 9.37 Å². The van der Waals surface area contributed by atoms with Gasteiger partial charge in [-0.05, 0) is 157 Å². The molecule has 0 N–H and O–H groups in total. The van der Waals surface area contributed by atoms with E-state index in [1.807, 2.05) is 24.5 Å². The second-order valence-electron chi connectivity index (χ2n) is 33.1. The lowest BCUT2D eigenvalue weighted by Gasteiger charge is -2.53. The van der Waals surface area contributed by atoms with E-state index in [-0.39, 0.29) is 58.2 Å². The number of halogens is 5. The van der Waals surface area contributed by atoms with Crippen LogP contribution in [0.25, 0.3) is 11.0 Å². The average Bonchev–Trinajstić information content (AvgIpc) is 0.823. The number of Topliss-reactive ketones (excluding diaryl/α,β-unsaturated/α-hetero) is 1. The number of morpholine rings is 1. The van der Waals surface area contributed by atoms with Crippen LogP contribution in [-0.2, 0) is 128 Å². The van der Waals surface area contributed by atoms with E-state index < -0.39 is 29.9 Å². The van der Waals surface area contributed by atoms with Gasteiger partial charge in [-0.15, -0.1) is 0 Å². The highest BCUT2D eigenvalue weighted by atomic mass is 32.2. The van der Waals surface area contributed by atoms with Crippen LogP contribution in [0.15, 0.2) is 259 Å². The molecule has 140 heavy (non-hydrogen) atoms. The van der Waals surface area contributed by atoms with Crippen molar-refractivity contribution in [2.24, 2.45) is 23.2 Å². The van der Waals surface area contributed by atoms with Crippen molar-refractivity contribution in [2.75, 3.05) is 214 Å². The predicted molar refractivity (Wildman–Crippen MR) is 528 cm³/mol. The summed E-state index contributed by atoms with van der Waals surface area (Å²) in [6.07, 6.45) is -4.71. The third-order valence-corrected chi connectivity index (χ3v) is 27.5. The Bertz CT molecular complexity index is 4220. The maximum atomic E-state index is 12.9. The molecule has 8 aromatic carbocycles. The molecule has 1 aromatic heterocycles. The number of ether oxygens (including phenoxy) is 15. The first-order valence-electron chi connectivity index (χ1n) is 46.8. The molecular weight excluding hydrogens is 1900 g/mol. The van der Waals surface area contributed by atoms with Crippen LogP contribution < -0.4 is 10.5 Å². The number of carbonyl (C=O) groups is 2. The number of methoxy groups -OCH3 is 5. The third-order valence-electron chi connectivity index (χ3n) is 22.0. The molecule has 27 nitrogen and oxygen atoms in total.